The van der Waals surface area contributed by atoms with E-state index in [0.717, 1.165) is 0 Å². The summed E-state index contributed by atoms with van der Waals surface area (Å²) >= 11 is 0. The number of carbonyl (C=O) groups is 1. The maximum Gasteiger partial charge on any atom is 0.311 e. The lowest BCUT2D eigenvalue weighted by Crippen LogP contribution is -2.61. The van der Waals surface area contributed by atoms with Crippen molar-refractivity contribution in [2.75, 3.05) is 48.5 Å². The molecule has 0 aromatic rings. The number of cyclic esters (lactones) is 1. The highest BCUT2D eigenvalue weighted by molar-refractivity contribution is 5.88. The smallest absolute Gasteiger partial charge is 0.311 e. The van der Waals surface area contributed by atoms with E-state index in [-0.39, 0.29) is 38.0 Å². The first-order valence-electron chi connectivity index (χ1n) is 20.7. The minimum absolute atomic E-state index is 0.0141. The molecular formula is C41H77N3O13. The number of oxime groups is 1. The fourth-order valence-electron chi connectivity index (χ4n) is 8.94. The Morgan fingerprint density at radius 1 is 0.895 bits per heavy atom. The number of nitrogens with zero attached hydrogens (tertiary/aromatic N) is 3. The molecule has 0 spiro atoms. The number of hydrogen-bond acceptors (Lipinski definition) is 16. The summed E-state index contributed by atoms with van der Waals surface area (Å²) in [7, 11) is 9.05. The molecule has 0 aromatic heterocycles. The lowest BCUT2D eigenvalue weighted by atomic mass is 9.73. The fourth-order valence-corrected chi connectivity index (χ4v) is 8.94. The molecule has 16 heteroatoms. The van der Waals surface area contributed by atoms with Crippen LogP contribution in [-0.4, -0.2) is 180 Å². The Hall–Kier alpha value is -1.54. The Labute approximate surface area is 341 Å². The molecule has 3 fully saturated rings. The molecule has 3 heterocycles. The Balaban J connectivity index is 2.24. The lowest BCUT2D eigenvalue weighted by molar-refractivity contribution is -0.317. The van der Waals surface area contributed by atoms with E-state index in [4.69, 9.17) is 33.3 Å². The highest BCUT2D eigenvalue weighted by atomic mass is 16.7. The summed E-state index contributed by atoms with van der Waals surface area (Å²) in [6.45, 7) is 18.0. The fraction of sp³-hybridized carbons (Fsp3) is 0.951. The maximum absolute atomic E-state index is 14.3. The number of rotatable bonds is 11. The van der Waals surface area contributed by atoms with Crippen molar-refractivity contribution >= 4 is 11.7 Å². The van der Waals surface area contributed by atoms with Gasteiger partial charge in [0, 0.05) is 43.9 Å². The van der Waals surface area contributed by atoms with E-state index in [1.54, 1.807) is 48.5 Å². The van der Waals surface area contributed by atoms with Gasteiger partial charge in [-0.1, -0.05) is 32.9 Å². The van der Waals surface area contributed by atoms with Crippen LogP contribution in [-0.2, 0) is 38.1 Å². The number of carbonyl (C=O) groups excluding carboxylic acids is 1. The molecule has 3 saturated heterocycles. The molecular weight excluding hydrogens is 742 g/mol. The van der Waals surface area contributed by atoms with Crippen molar-refractivity contribution in [1.29, 1.82) is 0 Å². The van der Waals surface area contributed by atoms with Gasteiger partial charge in [-0.25, -0.2) is 0 Å². The van der Waals surface area contributed by atoms with Gasteiger partial charge in [0.05, 0.1) is 53.4 Å². The second-order valence-corrected chi connectivity index (χ2v) is 18.2. The summed E-state index contributed by atoms with van der Waals surface area (Å²) in [4.78, 5) is 23.9. The Kier molecular flexibility index (Phi) is 17.8. The molecule has 5 N–H and O–H groups in total. The van der Waals surface area contributed by atoms with Gasteiger partial charge < -0.3 is 68.6 Å². The molecule has 57 heavy (non-hydrogen) atoms. The van der Waals surface area contributed by atoms with Crippen LogP contribution in [0.5, 0.6) is 0 Å². The third-order valence-electron chi connectivity index (χ3n) is 12.7. The molecule has 3 rings (SSSR count). The monoisotopic (exact) mass is 820 g/mol. The number of likely N-dealkylation sites (N-methyl/N-ethyl adjacent to an activating group) is 2. The predicted octanol–water partition coefficient (Wildman–Crippen LogP) is 2.15. The second kappa shape index (κ2) is 20.3. The van der Waals surface area contributed by atoms with Crippen LogP contribution in [0, 0.1) is 23.7 Å². The first-order valence-corrected chi connectivity index (χ1v) is 20.7. The van der Waals surface area contributed by atoms with Gasteiger partial charge in [-0.05, 0) is 89.0 Å². The standard InChI is InChI=1S/C41H77N3O13/c1-16-29-41(10,50)34(46)24(4)31(42-52-18-17-43(11)12)22(2)20-39(8,49)36(57-38-32(45)28(44(13)14)19-23(3)53-38)25(5)33(26(6)37(48)55-29)56-30-21-40(9,51-15)35(47)27(7)54-30/h22-30,32-36,38,45-47,49-50H,16-21H2,1-15H3. The zero-order chi connectivity index (χ0) is 43.4. The average molecular weight is 820 g/mol. The summed E-state index contributed by atoms with van der Waals surface area (Å²) in [5.74, 6) is -3.96. The molecule has 18 unspecified atom stereocenters. The first kappa shape index (κ1) is 49.8. The molecule has 0 radical (unpaired) electrons. The highest BCUT2D eigenvalue weighted by Gasteiger charge is 2.53. The molecule has 334 valence electrons. The van der Waals surface area contributed by atoms with Crippen LogP contribution in [0.25, 0.3) is 0 Å². The van der Waals surface area contributed by atoms with Crippen LogP contribution in [0.4, 0.5) is 0 Å². The maximum atomic E-state index is 14.3. The summed E-state index contributed by atoms with van der Waals surface area (Å²) in [5.41, 5.74) is -4.33. The van der Waals surface area contributed by atoms with Crippen molar-refractivity contribution < 1.29 is 63.6 Å². The van der Waals surface area contributed by atoms with Crippen molar-refractivity contribution in [3.8, 4) is 0 Å². The van der Waals surface area contributed by atoms with Crippen molar-refractivity contribution in [2.24, 2.45) is 28.8 Å². The molecule has 0 bridgehead atoms. The van der Waals surface area contributed by atoms with Crippen molar-refractivity contribution in [1.82, 2.24) is 9.80 Å². The highest BCUT2D eigenvalue weighted by Crippen LogP contribution is 2.41. The van der Waals surface area contributed by atoms with Gasteiger partial charge in [0.1, 0.15) is 30.5 Å². The summed E-state index contributed by atoms with van der Waals surface area (Å²) in [5, 5.41) is 63.7. The SMILES string of the molecule is CCC1OC(=O)C(C)C(OC2CC(C)(OC)C(O)C(C)O2)C(C)C(OC2OC(C)CC(N(C)C)C2O)C(C)(O)CC(C)C(=NOCCN(C)C)C(C)C(O)C1(C)O. The van der Waals surface area contributed by atoms with E-state index < -0.39 is 102 Å². The Morgan fingerprint density at radius 2 is 1.53 bits per heavy atom. The van der Waals surface area contributed by atoms with E-state index in [2.05, 4.69) is 5.16 Å². The zero-order valence-electron chi connectivity index (χ0n) is 37.2. The summed E-state index contributed by atoms with van der Waals surface area (Å²) in [6.07, 6.45) is -9.19. The van der Waals surface area contributed by atoms with Crippen LogP contribution < -0.4 is 0 Å². The van der Waals surface area contributed by atoms with Gasteiger partial charge in [0.2, 0.25) is 0 Å². The normalized spacial score (nSPS) is 46.5. The van der Waals surface area contributed by atoms with Gasteiger partial charge in [-0.15, -0.1) is 0 Å². The third-order valence-corrected chi connectivity index (χ3v) is 12.7. The number of esters is 1. The molecule has 3 aliphatic rings. The number of hydrogen-bond donors (Lipinski definition) is 5. The van der Waals surface area contributed by atoms with Gasteiger partial charge in [-0.3, -0.25) is 4.79 Å². The molecule has 18 atom stereocenters. The van der Waals surface area contributed by atoms with Crippen LogP contribution >= 0.6 is 0 Å². The van der Waals surface area contributed by atoms with Crippen molar-refractivity contribution in [3.05, 3.63) is 0 Å². The van der Waals surface area contributed by atoms with Gasteiger partial charge in [-0.2, -0.15) is 0 Å². The van der Waals surface area contributed by atoms with Crippen LogP contribution in [0.1, 0.15) is 94.9 Å². The zero-order valence-corrected chi connectivity index (χ0v) is 37.2. The predicted molar refractivity (Wildman–Crippen MR) is 213 cm³/mol. The van der Waals surface area contributed by atoms with Crippen LogP contribution in [0.15, 0.2) is 5.16 Å². The third kappa shape index (κ3) is 11.9. The van der Waals surface area contributed by atoms with E-state index in [0.29, 0.717) is 18.7 Å². The second-order valence-electron chi connectivity index (χ2n) is 18.2. The molecule has 0 amide bonds. The quantitative estimate of drug-likeness (QED) is 0.115. The Bertz CT molecular complexity index is 1300. The van der Waals surface area contributed by atoms with E-state index in [1.165, 1.54) is 14.0 Å². The lowest BCUT2D eigenvalue weighted by Gasteiger charge is -2.49. The average Bonchev–Trinajstić information content (AvgIpc) is 3.12. The number of aliphatic hydroxyl groups excluding tert-OH is 3. The van der Waals surface area contributed by atoms with Gasteiger partial charge >= 0.3 is 5.97 Å². The van der Waals surface area contributed by atoms with Crippen LogP contribution in [0.2, 0.25) is 0 Å². The number of methoxy groups -OCH3 is 1. The summed E-state index contributed by atoms with van der Waals surface area (Å²) in [6, 6.07) is -0.313. The molecule has 0 aliphatic carbocycles. The number of ether oxygens (including phenoxy) is 6. The van der Waals surface area contributed by atoms with Crippen molar-refractivity contribution in [2.45, 2.75) is 179 Å². The minimum atomic E-state index is -1.93. The largest absolute Gasteiger partial charge is 0.459 e. The minimum Gasteiger partial charge on any atom is -0.459 e. The topological polar surface area (TPSA) is 202 Å². The van der Waals surface area contributed by atoms with E-state index in [9.17, 15) is 30.3 Å². The summed E-state index contributed by atoms with van der Waals surface area (Å²) < 4.78 is 37.7. The van der Waals surface area contributed by atoms with E-state index >= 15 is 0 Å². The van der Waals surface area contributed by atoms with Gasteiger partial charge in [0.15, 0.2) is 12.6 Å². The van der Waals surface area contributed by atoms with Crippen molar-refractivity contribution in [3.63, 3.8) is 0 Å². The molecule has 0 saturated carbocycles. The molecule has 16 nitrogen and oxygen atoms in total. The number of aliphatic hydroxyl groups is 5. The Morgan fingerprint density at radius 3 is 2.09 bits per heavy atom. The van der Waals surface area contributed by atoms with Crippen LogP contribution in [0.3, 0.4) is 0 Å². The van der Waals surface area contributed by atoms with E-state index in [1.807, 2.05) is 51.8 Å². The van der Waals surface area contributed by atoms with Gasteiger partial charge in [0.25, 0.3) is 0 Å². The first-order chi connectivity index (χ1) is 26.3. The molecule has 0 aromatic carbocycles. The molecule has 3 aliphatic heterocycles.